The summed E-state index contributed by atoms with van der Waals surface area (Å²) >= 11 is 5.13. The van der Waals surface area contributed by atoms with Crippen molar-refractivity contribution in [1.82, 2.24) is 0 Å². The third-order valence-corrected chi connectivity index (χ3v) is 0.745. The van der Waals surface area contributed by atoms with E-state index in [-0.39, 0.29) is 12.4 Å². The highest BCUT2D eigenvalue weighted by molar-refractivity contribution is 6.19. The first-order chi connectivity index (χ1) is 2.77. The van der Waals surface area contributed by atoms with Gasteiger partial charge in [0.05, 0.1) is 0 Å². The van der Waals surface area contributed by atoms with Crippen LogP contribution < -0.4 is 0 Å². The summed E-state index contributed by atoms with van der Waals surface area (Å²) in [4.78, 5) is 0. The van der Waals surface area contributed by atoms with E-state index in [1.807, 2.05) is 6.92 Å². The van der Waals surface area contributed by atoms with Gasteiger partial charge in [0.15, 0.2) is 0 Å². The van der Waals surface area contributed by atoms with Crippen LogP contribution >= 0.6 is 24.0 Å². The van der Waals surface area contributed by atoms with Crippen molar-refractivity contribution in [3.05, 3.63) is 0 Å². The smallest absolute Gasteiger partial charge is 0.128 e. The fraction of sp³-hybridized carbons (Fsp3) is 1.00. The van der Waals surface area contributed by atoms with Crippen LogP contribution in [0.2, 0.25) is 0 Å². The molecule has 0 aliphatic carbocycles. The maximum atomic E-state index is 8.32. The lowest BCUT2D eigenvalue weighted by molar-refractivity contribution is 0.244. The van der Waals surface area contributed by atoms with Gasteiger partial charge in [0.2, 0.25) is 0 Å². The van der Waals surface area contributed by atoms with Crippen molar-refractivity contribution in [2.45, 2.75) is 25.3 Å². The molecule has 0 spiro atoms. The number of halogens is 2. The lowest BCUT2D eigenvalue weighted by Crippen LogP contribution is -1.91. The molecule has 0 rings (SSSR count). The molecule has 7 heavy (non-hydrogen) atoms. The average Bonchev–Trinajstić information content (AvgIpc) is 1.35. The van der Waals surface area contributed by atoms with Crippen molar-refractivity contribution in [1.29, 1.82) is 0 Å². The maximum absolute atomic E-state index is 8.32. The summed E-state index contributed by atoms with van der Waals surface area (Å²) in [6.45, 7) is 1.98. The quantitative estimate of drug-likeness (QED) is 0.587. The Kier molecular flexibility index (Phi) is 9.82. The van der Waals surface area contributed by atoms with Gasteiger partial charge in [0.25, 0.3) is 0 Å². The second kappa shape index (κ2) is 6.54. The van der Waals surface area contributed by atoms with Crippen molar-refractivity contribution < 1.29 is 5.11 Å². The van der Waals surface area contributed by atoms with Crippen molar-refractivity contribution in [3.8, 4) is 0 Å². The van der Waals surface area contributed by atoms with Crippen LogP contribution in [-0.4, -0.2) is 10.7 Å². The van der Waals surface area contributed by atoms with Gasteiger partial charge in [-0.2, -0.15) is 0 Å². The van der Waals surface area contributed by atoms with Crippen LogP contribution in [-0.2, 0) is 0 Å². The Balaban J connectivity index is 0. The van der Waals surface area contributed by atoms with E-state index in [1.165, 1.54) is 0 Å². The van der Waals surface area contributed by atoms with Crippen molar-refractivity contribution >= 4 is 24.0 Å². The summed E-state index contributed by atoms with van der Waals surface area (Å²) < 4.78 is 0. The van der Waals surface area contributed by atoms with E-state index < -0.39 is 5.56 Å². The van der Waals surface area contributed by atoms with E-state index in [0.717, 1.165) is 6.42 Å². The summed E-state index contributed by atoms with van der Waals surface area (Å²) in [6, 6.07) is 0. The van der Waals surface area contributed by atoms with E-state index in [9.17, 15) is 0 Å². The number of alkyl halides is 1. The molecule has 0 aliphatic heterocycles. The van der Waals surface area contributed by atoms with Crippen LogP contribution in [0, 0.1) is 0 Å². The standard InChI is InChI=1S/C4H9ClO.ClH/c1-2-3-4(5)6;/h4,6H,2-3H2,1H3;1H. The minimum atomic E-state index is -0.630. The molecular weight excluding hydrogens is 135 g/mol. The van der Waals surface area contributed by atoms with Crippen molar-refractivity contribution in [2.24, 2.45) is 0 Å². The van der Waals surface area contributed by atoms with Crippen LogP contribution in [0.25, 0.3) is 0 Å². The molecule has 0 heterocycles. The molecule has 0 aromatic heterocycles. The molecule has 0 aromatic carbocycles. The fourth-order valence-corrected chi connectivity index (χ4v) is 0.456. The number of rotatable bonds is 2. The topological polar surface area (TPSA) is 20.2 Å². The number of aliphatic hydroxyl groups is 1. The maximum Gasteiger partial charge on any atom is 0.128 e. The van der Waals surface area contributed by atoms with Crippen LogP contribution in [0.4, 0.5) is 0 Å². The molecule has 1 unspecified atom stereocenters. The molecule has 0 aliphatic rings. The van der Waals surface area contributed by atoms with E-state index >= 15 is 0 Å². The van der Waals surface area contributed by atoms with E-state index in [2.05, 4.69) is 0 Å². The Hall–Kier alpha value is 0.540. The molecule has 0 bridgehead atoms. The molecule has 0 fully saturated rings. The molecular formula is C4H10Cl2O. The SMILES string of the molecule is CCCC(O)Cl.Cl. The third kappa shape index (κ3) is 10.8. The van der Waals surface area contributed by atoms with E-state index in [0.29, 0.717) is 6.42 Å². The predicted molar refractivity (Wildman–Crippen MR) is 34.0 cm³/mol. The fourth-order valence-electron chi connectivity index (χ4n) is 0.238. The molecule has 0 saturated carbocycles. The lowest BCUT2D eigenvalue weighted by Gasteiger charge is -1.92. The van der Waals surface area contributed by atoms with Crippen LogP contribution in [0.5, 0.6) is 0 Å². The zero-order valence-corrected chi connectivity index (χ0v) is 5.80. The first kappa shape index (κ1) is 10.5. The highest BCUT2D eigenvalue weighted by Crippen LogP contribution is 1.97. The first-order valence-corrected chi connectivity index (χ1v) is 2.53. The van der Waals surface area contributed by atoms with Gasteiger partial charge >= 0.3 is 0 Å². The van der Waals surface area contributed by atoms with Gasteiger partial charge in [-0.1, -0.05) is 24.9 Å². The molecule has 0 aromatic rings. The Morgan fingerprint density at radius 2 is 2.14 bits per heavy atom. The van der Waals surface area contributed by atoms with Gasteiger partial charge in [0.1, 0.15) is 5.56 Å². The summed E-state index contributed by atoms with van der Waals surface area (Å²) in [6.07, 6.45) is 1.65. The van der Waals surface area contributed by atoms with Crippen molar-refractivity contribution in [2.75, 3.05) is 0 Å². The highest BCUT2D eigenvalue weighted by Gasteiger charge is 1.90. The number of hydrogen-bond acceptors (Lipinski definition) is 1. The highest BCUT2D eigenvalue weighted by atomic mass is 35.5. The first-order valence-electron chi connectivity index (χ1n) is 2.09. The molecule has 0 amide bonds. The molecule has 46 valence electrons. The summed E-state index contributed by atoms with van der Waals surface area (Å²) in [7, 11) is 0. The predicted octanol–water partition coefficient (Wildman–Crippen LogP) is 1.77. The Morgan fingerprint density at radius 3 is 2.14 bits per heavy atom. The van der Waals surface area contributed by atoms with Gasteiger partial charge in [-0.15, -0.1) is 12.4 Å². The minimum Gasteiger partial charge on any atom is -0.378 e. The zero-order valence-electron chi connectivity index (χ0n) is 4.22. The lowest BCUT2D eigenvalue weighted by atomic mass is 10.4. The van der Waals surface area contributed by atoms with Crippen LogP contribution in [0.15, 0.2) is 0 Å². The van der Waals surface area contributed by atoms with Gasteiger partial charge in [-0.05, 0) is 6.42 Å². The summed E-state index contributed by atoms with van der Waals surface area (Å²) in [5, 5.41) is 8.32. The van der Waals surface area contributed by atoms with E-state index in [1.54, 1.807) is 0 Å². The second-order valence-corrected chi connectivity index (χ2v) is 1.73. The van der Waals surface area contributed by atoms with Gasteiger partial charge in [-0.3, -0.25) is 0 Å². The second-order valence-electron chi connectivity index (χ2n) is 1.22. The van der Waals surface area contributed by atoms with E-state index in [4.69, 9.17) is 16.7 Å². The number of hydrogen-bond donors (Lipinski definition) is 1. The summed E-state index contributed by atoms with van der Waals surface area (Å²) in [5.41, 5.74) is -0.630. The van der Waals surface area contributed by atoms with Crippen molar-refractivity contribution in [3.63, 3.8) is 0 Å². The Bertz CT molecular complexity index is 30.9. The molecule has 1 nitrogen and oxygen atoms in total. The average molecular weight is 145 g/mol. The number of aliphatic hydroxyl groups excluding tert-OH is 1. The normalized spacial score (nSPS) is 12.4. The molecule has 1 N–H and O–H groups in total. The minimum absolute atomic E-state index is 0. The molecule has 3 heteroatoms. The van der Waals surface area contributed by atoms with Gasteiger partial charge in [-0.25, -0.2) is 0 Å². The Labute approximate surface area is 55.1 Å². The summed E-state index contributed by atoms with van der Waals surface area (Å²) in [5.74, 6) is 0. The van der Waals surface area contributed by atoms with Crippen LogP contribution in [0.3, 0.4) is 0 Å². The Morgan fingerprint density at radius 1 is 1.71 bits per heavy atom. The largest absolute Gasteiger partial charge is 0.378 e. The monoisotopic (exact) mass is 144 g/mol. The third-order valence-electron chi connectivity index (χ3n) is 0.527. The molecule has 0 radical (unpaired) electrons. The van der Waals surface area contributed by atoms with Gasteiger partial charge < -0.3 is 5.11 Å². The van der Waals surface area contributed by atoms with Gasteiger partial charge in [0, 0.05) is 0 Å². The molecule has 1 atom stereocenters. The zero-order chi connectivity index (χ0) is 4.99. The van der Waals surface area contributed by atoms with Crippen LogP contribution in [0.1, 0.15) is 19.8 Å². The molecule has 0 saturated heterocycles.